The fraction of sp³-hybridized carbons (Fsp3) is 0.0667. The van der Waals surface area contributed by atoms with Gasteiger partial charge in [0.1, 0.15) is 0 Å². The molecule has 0 radical (unpaired) electrons. The van der Waals surface area contributed by atoms with Crippen molar-refractivity contribution in [1.82, 2.24) is 0 Å². The molecule has 0 fully saturated rings. The van der Waals surface area contributed by atoms with Crippen LogP contribution in [0.25, 0.3) is 0 Å². The topological polar surface area (TPSA) is 54.4 Å². The Morgan fingerprint density at radius 1 is 1.05 bits per heavy atom. The van der Waals surface area contributed by atoms with Crippen molar-refractivity contribution in [3.05, 3.63) is 69.2 Å². The van der Waals surface area contributed by atoms with Gasteiger partial charge in [0, 0.05) is 15.6 Å². The number of carboxylic acid groups (broad SMARTS) is 1. The van der Waals surface area contributed by atoms with Crippen LogP contribution >= 0.6 is 15.9 Å². The van der Waals surface area contributed by atoms with Crippen LogP contribution in [0.4, 0.5) is 0 Å². The number of aromatic carboxylic acids is 1. The second-order valence-electron chi connectivity index (χ2n) is 4.14. The first-order chi connectivity index (χ1) is 9.00. The largest absolute Gasteiger partial charge is 0.478 e. The van der Waals surface area contributed by atoms with Gasteiger partial charge in [-0.3, -0.25) is 4.79 Å². The lowest BCUT2D eigenvalue weighted by Crippen LogP contribution is -2.09. The zero-order valence-corrected chi connectivity index (χ0v) is 11.8. The van der Waals surface area contributed by atoms with Crippen LogP contribution in [0, 0.1) is 6.92 Å². The van der Waals surface area contributed by atoms with E-state index in [0.29, 0.717) is 5.56 Å². The third-order valence-corrected chi connectivity index (χ3v) is 3.69. The van der Waals surface area contributed by atoms with Gasteiger partial charge in [0.15, 0.2) is 5.78 Å². The molecule has 0 amide bonds. The summed E-state index contributed by atoms with van der Waals surface area (Å²) in [5.74, 6) is -1.39. The molecule has 0 aliphatic heterocycles. The van der Waals surface area contributed by atoms with Crippen LogP contribution in [0.5, 0.6) is 0 Å². The molecule has 0 unspecified atom stereocenters. The number of halogens is 1. The van der Waals surface area contributed by atoms with E-state index in [9.17, 15) is 9.59 Å². The van der Waals surface area contributed by atoms with Gasteiger partial charge in [-0.15, -0.1) is 0 Å². The molecule has 2 aromatic rings. The Bertz CT molecular complexity index is 662. The number of hydrogen-bond donors (Lipinski definition) is 1. The molecule has 2 rings (SSSR count). The number of carbonyl (C=O) groups excluding carboxylic acids is 1. The Labute approximate surface area is 119 Å². The Hall–Kier alpha value is -1.94. The fourth-order valence-corrected chi connectivity index (χ4v) is 2.14. The molecule has 0 atom stereocenters. The zero-order valence-electron chi connectivity index (χ0n) is 10.2. The van der Waals surface area contributed by atoms with Crippen LogP contribution in [-0.2, 0) is 0 Å². The van der Waals surface area contributed by atoms with Gasteiger partial charge >= 0.3 is 5.97 Å². The van der Waals surface area contributed by atoms with E-state index in [4.69, 9.17) is 5.11 Å². The molecule has 0 aromatic heterocycles. The molecule has 0 saturated heterocycles. The fourth-order valence-electron chi connectivity index (χ4n) is 1.76. The minimum Gasteiger partial charge on any atom is -0.478 e. The zero-order chi connectivity index (χ0) is 14.0. The smallest absolute Gasteiger partial charge is 0.336 e. The van der Waals surface area contributed by atoms with E-state index >= 15 is 0 Å². The summed E-state index contributed by atoms with van der Waals surface area (Å²) in [5.41, 5.74) is 1.70. The standard InChI is InChI=1S/C15H11BrO3/c1-9-6-7-10(8-13(9)16)14(17)11-4-2-3-5-12(11)15(18)19/h2-8H,1H3,(H,18,19). The molecular formula is C15H11BrO3. The first-order valence-electron chi connectivity index (χ1n) is 5.64. The lowest BCUT2D eigenvalue weighted by atomic mass is 9.98. The summed E-state index contributed by atoms with van der Waals surface area (Å²) in [4.78, 5) is 23.5. The average molecular weight is 319 g/mol. The van der Waals surface area contributed by atoms with Gasteiger partial charge in [0.05, 0.1) is 5.56 Å². The number of rotatable bonds is 3. The van der Waals surface area contributed by atoms with Crippen molar-refractivity contribution >= 4 is 27.7 Å². The monoisotopic (exact) mass is 318 g/mol. The Morgan fingerprint density at radius 3 is 2.26 bits per heavy atom. The highest BCUT2D eigenvalue weighted by molar-refractivity contribution is 9.10. The van der Waals surface area contributed by atoms with Gasteiger partial charge in [-0.2, -0.15) is 0 Å². The van der Waals surface area contributed by atoms with E-state index < -0.39 is 5.97 Å². The Kier molecular flexibility index (Phi) is 3.81. The molecule has 0 aliphatic rings. The summed E-state index contributed by atoms with van der Waals surface area (Å²) in [5, 5.41) is 9.10. The maximum absolute atomic E-state index is 12.4. The van der Waals surface area contributed by atoms with Gasteiger partial charge in [-0.1, -0.05) is 46.3 Å². The van der Waals surface area contributed by atoms with Gasteiger partial charge in [-0.25, -0.2) is 4.79 Å². The summed E-state index contributed by atoms with van der Waals surface area (Å²) in [6.45, 7) is 1.92. The van der Waals surface area contributed by atoms with Crippen molar-refractivity contribution in [3.8, 4) is 0 Å². The molecule has 1 N–H and O–H groups in total. The first kappa shape index (κ1) is 13.5. The van der Waals surface area contributed by atoms with Gasteiger partial charge in [0.2, 0.25) is 0 Å². The van der Waals surface area contributed by atoms with Crippen LogP contribution in [0.2, 0.25) is 0 Å². The van der Waals surface area contributed by atoms with Crippen molar-refractivity contribution in [3.63, 3.8) is 0 Å². The molecule has 19 heavy (non-hydrogen) atoms. The molecule has 0 saturated carbocycles. The molecule has 4 heteroatoms. The van der Waals surface area contributed by atoms with Gasteiger partial charge in [0.25, 0.3) is 0 Å². The highest BCUT2D eigenvalue weighted by Gasteiger charge is 2.17. The molecule has 3 nitrogen and oxygen atoms in total. The van der Waals surface area contributed by atoms with Crippen molar-refractivity contribution in [2.45, 2.75) is 6.92 Å². The van der Waals surface area contributed by atoms with Crippen LogP contribution in [0.1, 0.15) is 31.8 Å². The number of hydrogen-bond acceptors (Lipinski definition) is 2. The summed E-state index contributed by atoms with van der Waals surface area (Å²) >= 11 is 3.37. The maximum atomic E-state index is 12.4. The molecule has 0 spiro atoms. The Balaban J connectivity index is 2.50. The first-order valence-corrected chi connectivity index (χ1v) is 6.43. The van der Waals surface area contributed by atoms with Crippen LogP contribution < -0.4 is 0 Å². The molecular weight excluding hydrogens is 308 g/mol. The second kappa shape index (κ2) is 5.36. The van der Waals surface area contributed by atoms with E-state index in [1.54, 1.807) is 24.3 Å². The predicted molar refractivity (Wildman–Crippen MR) is 75.7 cm³/mol. The van der Waals surface area contributed by atoms with Crippen molar-refractivity contribution in [1.29, 1.82) is 0 Å². The maximum Gasteiger partial charge on any atom is 0.336 e. The van der Waals surface area contributed by atoms with E-state index in [1.165, 1.54) is 12.1 Å². The van der Waals surface area contributed by atoms with Gasteiger partial charge in [-0.05, 0) is 24.6 Å². The predicted octanol–water partition coefficient (Wildman–Crippen LogP) is 3.69. The van der Waals surface area contributed by atoms with Crippen molar-refractivity contribution < 1.29 is 14.7 Å². The van der Waals surface area contributed by atoms with Crippen LogP contribution in [0.15, 0.2) is 46.9 Å². The van der Waals surface area contributed by atoms with E-state index in [0.717, 1.165) is 10.0 Å². The highest BCUT2D eigenvalue weighted by atomic mass is 79.9. The number of ketones is 1. The number of carbonyl (C=O) groups is 2. The number of carboxylic acids is 1. The number of aryl methyl sites for hydroxylation is 1. The third-order valence-electron chi connectivity index (χ3n) is 2.84. The molecule has 0 bridgehead atoms. The average Bonchev–Trinajstić information content (AvgIpc) is 2.41. The lowest BCUT2D eigenvalue weighted by molar-refractivity contribution is 0.0693. The van der Waals surface area contributed by atoms with Crippen molar-refractivity contribution in [2.24, 2.45) is 0 Å². The van der Waals surface area contributed by atoms with E-state index in [1.807, 2.05) is 13.0 Å². The minimum absolute atomic E-state index is 0.0178. The summed E-state index contributed by atoms with van der Waals surface area (Å²) in [6.07, 6.45) is 0. The SMILES string of the molecule is Cc1ccc(C(=O)c2ccccc2C(=O)O)cc1Br. The minimum atomic E-state index is -1.10. The lowest BCUT2D eigenvalue weighted by Gasteiger charge is -2.06. The molecule has 0 heterocycles. The Morgan fingerprint density at radius 2 is 1.68 bits per heavy atom. The van der Waals surface area contributed by atoms with Crippen molar-refractivity contribution in [2.75, 3.05) is 0 Å². The quantitative estimate of drug-likeness (QED) is 0.878. The van der Waals surface area contributed by atoms with E-state index in [-0.39, 0.29) is 16.9 Å². The second-order valence-corrected chi connectivity index (χ2v) is 5.00. The van der Waals surface area contributed by atoms with Gasteiger partial charge < -0.3 is 5.11 Å². The molecule has 96 valence electrons. The summed E-state index contributed by atoms with van der Waals surface area (Å²) < 4.78 is 0.825. The highest BCUT2D eigenvalue weighted by Crippen LogP contribution is 2.21. The molecule has 2 aromatic carbocycles. The summed E-state index contributed by atoms with van der Waals surface area (Å²) in [6, 6.07) is 11.4. The van der Waals surface area contributed by atoms with Crippen LogP contribution in [-0.4, -0.2) is 16.9 Å². The number of benzene rings is 2. The summed E-state index contributed by atoms with van der Waals surface area (Å²) in [7, 11) is 0. The van der Waals surface area contributed by atoms with Crippen LogP contribution in [0.3, 0.4) is 0 Å². The van der Waals surface area contributed by atoms with E-state index in [2.05, 4.69) is 15.9 Å². The normalized spacial score (nSPS) is 10.2. The third kappa shape index (κ3) is 2.74. The molecule has 0 aliphatic carbocycles.